The predicted molar refractivity (Wildman–Crippen MR) is 207 cm³/mol. The summed E-state index contributed by atoms with van der Waals surface area (Å²) in [5, 5.41) is 82.3. The van der Waals surface area contributed by atoms with Crippen molar-refractivity contribution >= 4 is 11.9 Å². The maximum atomic E-state index is 10.00. The van der Waals surface area contributed by atoms with Crippen LogP contribution >= 0.6 is 0 Å². The topological polar surface area (TPSA) is 360 Å². The average molecular weight is 800 g/mol. The number of unbranched alkanes of at least 4 members (excludes halogenated alkanes) is 2. The van der Waals surface area contributed by atoms with Crippen LogP contribution in [0.1, 0.15) is 52.4 Å². The number of aliphatic hydroxyl groups is 8. The highest BCUT2D eigenvalue weighted by molar-refractivity contribution is 6.31. The largest absolute Gasteiger partial charge is 0.400 e. The second kappa shape index (κ2) is 32.9. The molecule has 21 heteroatoms. The molecule has 0 aliphatic rings. The number of rotatable bonds is 36. The highest BCUT2D eigenvalue weighted by atomic mass is 16.6. The van der Waals surface area contributed by atoms with E-state index in [1.807, 2.05) is 0 Å². The van der Waals surface area contributed by atoms with Crippen molar-refractivity contribution in [1.29, 1.82) is 0 Å². The second-order valence-corrected chi connectivity index (χ2v) is 13.6. The summed E-state index contributed by atoms with van der Waals surface area (Å²) in [5.74, 6) is 12.4. The Hall–Kier alpha value is -2.16. The molecule has 0 aromatic rings. The maximum Gasteiger partial charge on any atom is 0.172 e. The summed E-state index contributed by atoms with van der Waals surface area (Å²) in [6, 6.07) is -2.54. The van der Waals surface area contributed by atoms with Gasteiger partial charge in [0.25, 0.3) is 0 Å². The van der Waals surface area contributed by atoms with E-state index in [9.17, 15) is 30.6 Å². The van der Waals surface area contributed by atoms with Crippen molar-refractivity contribution in [3.05, 3.63) is 11.9 Å². The molecule has 0 saturated heterocycles. The van der Waals surface area contributed by atoms with Gasteiger partial charge in [-0.2, -0.15) is 5.10 Å². The molecule has 0 bridgehead atoms. The Balaban J connectivity index is 4.79. The molecule has 0 aliphatic heterocycles. The number of hydrazine groups is 1. The van der Waals surface area contributed by atoms with E-state index in [1.54, 1.807) is 12.4 Å². The van der Waals surface area contributed by atoms with Crippen molar-refractivity contribution < 1.29 is 59.8 Å². The zero-order valence-corrected chi connectivity index (χ0v) is 32.7. The molecule has 0 radical (unpaired) electrons. The van der Waals surface area contributed by atoms with E-state index >= 15 is 0 Å². The predicted octanol–water partition coefficient (Wildman–Crippen LogP) is -4.57. The van der Waals surface area contributed by atoms with Gasteiger partial charge in [-0.05, 0) is 31.7 Å². The van der Waals surface area contributed by atoms with E-state index < -0.39 is 49.1 Å². The van der Waals surface area contributed by atoms with Gasteiger partial charge < -0.3 is 87.9 Å². The number of aliphatic imine (C=N–C) groups is 1. The van der Waals surface area contributed by atoms with Gasteiger partial charge in [-0.3, -0.25) is 9.89 Å². The smallest absolute Gasteiger partial charge is 0.172 e. The minimum Gasteiger partial charge on any atom is -0.400 e. The van der Waals surface area contributed by atoms with Gasteiger partial charge in [0.05, 0.1) is 94.9 Å². The van der Waals surface area contributed by atoms with E-state index in [-0.39, 0.29) is 65.7 Å². The lowest BCUT2D eigenvalue weighted by atomic mass is 10.0. The van der Waals surface area contributed by atoms with Gasteiger partial charge >= 0.3 is 0 Å². The quantitative estimate of drug-likeness (QED) is 0.00932. The fourth-order valence-corrected chi connectivity index (χ4v) is 4.99. The Kier molecular flexibility index (Phi) is 31.6. The third-order valence-corrected chi connectivity index (χ3v) is 8.26. The summed E-state index contributed by atoms with van der Waals surface area (Å²) in [7, 11) is 0. The summed E-state index contributed by atoms with van der Waals surface area (Å²) in [4.78, 5) is 6.44. The molecule has 0 aromatic carbocycles. The molecule has 18 N–H and O–H groups in total. The summed E-state index contributed by atoms with van der Waals surface area (Å²) in [6.07, 6.45) is -1.36. The molecule has 55 heavy (non-hydrogen) atoms. The molecule has 0 rings (SSSR count). The summed E-state index contributed by atoms with van der Waals surface area (Å²) < 4.78 is 21.3. The van der Waals surface area contributed by atoms with Crippen LogP contribution in [0.4, 0.5) is 0 Å². The minimum atomic E-state index is -1.54. The molecule has 0 amide bonds. The number of ether oxygens (including phenoxy) is 4. The number of hydrazone groups is 1. The van der Waals surface area contributed by atoms with Crippen molar-refractivity contribution in [2.24, 2.45) is 44.9 Å². The molecule has 0 aliphatic carbocycles. The lowest BCUT2D eigenvalue weighted by molar-refractivity contribution is -0.153. The lowest BCUT2D eigenvalue weighted by Crippen LogP contribution is -2.51. The zero-order valence-electron chi connectivity index (χ0n) is 32.7. The molecule has 8 atom stereocenters. The number of nitrogens with zero attached hydrogens (tertiary/aromatic N) is 4. The van der Waals surface area contributed by atoms with Crippen molar-refractivity contribution in [2.45, 2.75) is 101 Å². The van der Waals surface area contributed by atoms with E-state index in [1.165, 1.54) is 5.01 Å². The lowest BCUT2D eigenvalue weighted by Gasteiger charge is -2.27. The van der Waals surface area contributed by atoms with Gasteiger partial charge in [0, 0.05) is 44.4 Å². The van der Waals surface area contributed by atoms with E-state index in [0.717, 1.165) is 32.2 Å². The molecule has 0 spiro atoms. The Labute approximate surface area is 325 Å². The Bertz CT molecular complexity index is 1020. The standard InChI is InChI=1S/C34H73N9O12/c1-24(2)6-4-3-5-10-42(21-25(35)22-43(39)11-15-53-17-19-55-34(51)30(37)32(49)28(47)8-13-45)23-26(41-38)20-40-9-14-52-16-18-54-33(50)29(36)31(48)27(46)7-12-44/h20,22,24,27-34,44-51H,3-19,21,23,35-39H2,1-2H3/b25-22-,40-20?,41-26?. The van der Waals surface area contributed by atoms with E-state index in [2.05, 4.69) is 28.8 Å². The maximum absolute atomic E-state index is 10.00. The van der Waals surface area contributed by atoms with Crippen LogP contribution in [0.15, 0.2) is 22.0 Å². The fourth-order valence-electron chi connectivity index (χ4n) is 4.99. The Morgan fingerprint density at radius 1 is 0.709 bits per heavy atom. The van der Waals surface area contributed by atoms with Gasteiger partial charge in [-0.15, -0.1) is 0 Å². The SMILES string of the molecule is CC(C)CCCCCN(CC(C=NCCOCCOC(O)C(N)C(O)C(O)CCO)=NN)C/C(N)=C/N(N)CCOCCOC(O)C(N)C(O)C(O)CCO. The Morgan fingerprint density at radius 3 is 1.76 bits per heavy atom. The first-order valence-electron chi connectivity index (χ1n) is 18.8. The van der Waals surface area contributed by atoms with Crippen LogP contribution in [0.5, 0.6) is 0 Å². The Morgan fingerprint density at radius 2 is 1.25 bits per heavy atom. The molecule has 326 valence electrons. The molecular weight excluding hydrogens is 726 g/mol. The van der Waals surface area contributed by atoms with Crippen LogP contribution in [0, 0.1) is 5.92 Å². The van der Waals surface area contributed by atoms with Crippen LogP contribution < -0.4 is 28.9 Å². The van der Waals surface area contributed by atoms with E-state index in [4.69, 9.17) is 58.0 Å². The first-order chi connectivity index (χ1) is 26.2. The van der Waals surface area contributed by atoms with Crippen molar-refractivity contribution in [1.82, 2.24) is 9.91 Å². The molecule has 0 fully saturated rings. The number of hydrogen-bond donors (Lipinski definition) is 13. The van der Waals surface area contributed by atoms with Gasteiger partial charge in [-0.1, -0.05) is 33.1 Å². The van der Waals surface area contributed by atoms with Crippen LogP contribution in [-0.2, 0) is 18.9 Å². The normalized spacial score (nSPS) is 17.4. The van der Waals surface area contributed by atoms with Crippen molar-refractivity contribution in [2.75, 3.05) is 85.6 Å². The van der Waals surface area contributed by atoms with Crippen LogP contribution in [0.25, 0.3) is 0 Å². The summed E-state index contributed by atoms with van der Waals surface area (Å²) in [5.41, 5.74) is 18.8. The van der Waals surface area contributed by atoms with Crippen molar-refractivity contribution in [3.63, 3.8) is 0 Å². The minimum absolute atomic E-state index is 0.0198. The third kappa shape index (κ3) is 26.4. The van der Waals surface area contributed by atoms with Crippen LogP contribution in [0.2, 0.25) is 0 Å². The van der Waals surface area contributed by atoms with Gasteiger partial charge in [-0.25, -0.2) is 5.84 Å². The second-order valence-electron chi connectivity index (χ2n) is 13.6. The first-order valence-corrected chi connectivity index (χ1v) is 18.8. The number of aliphatic hydroxyl groups excluding tert-OH is 8. The fraction of sp³-hybridized carbons (Fsp3) is 0.882. The van der Waals surface area contributed by atoms with Gasteiger partial charge in [0.15, 0.2) is 12.6 Å². The molecule has 8 unspecified atom stereocenters. The van der Waals surface area contributed by atoms with Gasteiger partial charge in [0.1, 0.15) is 0 Å². The highest BCUT2D eigenvalue weighted by Crippen LogP contribution is 2.10. The molecule has 0 aromatic heterocycles. The molecule has 0 saturated carbocycles. The van der Waals surface area contributed by atoms with Crippen LogP contribution in [-0.4, -0.2) is 197 Å². The van der Waals surface area contributed by atoms with Crippen LogP contribution in [0.3, 0.4) is 0 Å². The zero-order chi connectivity index (χ0) is 41.6. The third-order valence-electron chi connectivity index (χ3n) is 8.26. The molecule has 21 nitrogen and oxygen atoms in total. The first kappa shape index (κ1) is 52.8. The average Bonchev–Trinajstić information content (AvgIpc) is 3.14. The van der Waals surface area contributed by atoms with Gasteiger partial charge in [0.2, 0.25) is 0 Å². The summed E-state index contributed by atoms with van der Waals surface area (Å²) >= 11 is 0. The highest BCUT2D eigenvalue weighted by Gasteiger charge is 2.30. The molecular formula is C34H73N9O12. The summed E-state index contributed by atoms with van der Waals surface area (Å²) in [6.45, 7) is 6.44. The molecule has 0 heterocycles. The number of hydrogen-bond acceptors (Lipinski definition) is 21. The van der Waals surface area contributed by atoms with Crippen molar-refractivity contribution in [3.8, 4) is 0 Å². The number of nitrogens with two attached hydrogens (primary N) is 5. The van der Waals surface area contributed by atoms with E-state index in [0.29, 0.717) is 43.5 Å². The monoisotopic (exact) mass is 800 g/mol.